The van der Waals surface area contributed by atoms with Crippen molar-refractivity contribution < 1.29 is 29.0 Å². The Hall–Kier alpha value is -4.13. The molecule has 0 aromatic heterocycles. The number of benzene rings is 3. The minimum atomic E-state index is -1.62. The number of carboxylic acids is 1. The van der Waals surface area contributed by atoms with E-state index < -0.39 is 29.2 Å². The fraction of sp³-hybridized carbons (Fsp3) is 0.300. The van der Waals surface area contributed by atoms with E-state index in [2.05, 4.69) is 5.32 Å². The number of aliphatic carboxylic acids is 1. The number of amides is 1. The normalized spacial score (nSPS) is 14.2. The van der Waals surface area contributed by atoms with Crippen LogP contribution in [0.4, 0.5) is 4.79 Å². The third kappa shape index (κ3) is 5.82. The number of rotatable bonds is 7. The van der Waals surface area contributed by atoms with E-state index in [1.165, 1.54) is 6.92 Å². The van der Waals surface area contributed by atoms with Gasteiger partial charge in [-0.1, -0.05) is 60.7 Å². The Balaban J connectivity index is 1.42. The molecule has 2 N–H and O–H groups in total. The molecule has 4 rings (SSSR count). The van der Waals surface area contributed by atoms with Gasteiger partial charge in [0.25, 0.3) is 0 Å². The molecular formula is C30H31NO6. The van der Waals surface area contributed by atoms with Gasteiger partial charge in [-0.2, -0.15) is 0 Å². The van der Waals surface area contributed by atoms with Crippen molar-refractivity contribution in [3.8, 4) is 11.1 Å². The fourth-order valence-electron chi connectivity index (χ4n) is 4.54. The third-order valence-electron chi connectivity index (χ3n) is 6.34. The van der Waals surface area contributed by atoms with E-state index in [4.69, 9.17) is 9.47 Å². The summed E-state index contributed by atoms with van der Waals surface area (Å²) in [6.07, 6.45) is -0.807. The first-order chi connectivity index (χ1) is 17.5. The lowest BCUT2D eigenvalue weighted by atomic mass is 9.92. The average Bonchev–Trinajstić information content (AvgIpc) is 3.15. The van der Waals surface area contributed by atoms with Gasteiger partial charge >= 0.3 is 18.0 Å². The van der Waals surface area contributed by atoms with Crippen molar-refractivity contribution >= 4 is 18.0 Å². The second kappa shape index (κ2) is 10.1. The predicted molar refractivity (Wildman–Crippen MR) is 140 cm³/mol. The summed E-state index contributed by atoms with van der Waals surface area (Å²) in [5, 5.41) is 12.4. The maximum atomic E-state index is 12.8. The van der Waals surface area contributed by atoms with E-state index in [1.54, 1.807) is 45.0 Å². The van der Waals surface area contributed by atoms with Crippen molar-refractivity contribution in [2.24, 2.45) is 0 Å². The number of esters is 1. The molecule has 0 radical (unpaired) electrons. The largest absolute Gasteiger partial charge is 0.480 e. The molecule has 0 saturated carbocycles. The smallest absolute Gasteiger partial charge is 0.408 e. The number of nitrogens with one attached hydrogen (secondary N) is 1. The predicted octanol–water partition coefficient (Wildman–Crippen LogP) is 5.57. The van der Waals surface area contributed by atoms with Crippen LogP contribution in [0, 0.1) is 0 Å². The number of hydrogen-bond acceptors (Lipinski definition) is 5. The molecule has 7 heteroatoms. The molecule has 0 fully saturated rings. The van der Waals surface area contributed by atoms with Gasteiger partial charge in [0.15, 0.2) is 0 Å². The monoisotopic (exact) mass is 501 g/mol. The molecule has 0 bridgehead atoms. The zero-order valence-corrected chi connectivity index (χ0v) is 21.4. The summed E-state index contributed by atoms with van der Waals surface area (Å²) >= 11 is 0. The number of alkyl carbamates (subject to hydrolysis) is 1. The summed E-state index contributed by atoms with van der Waals surface area (Å²) in [4.78, 5) is 37.1. The molecule has 0 saturated heterocycles. The van der Waals surface area contributed by atoms with Gasteiger partial charge < -0.3 is 19.9 Å². The van der Waals surface area contributed by atoms with Crippen LogP contribution in [0.15, 0.2) is 72.8 Å². The van der Waals surface area contributed by atoms with Crippen molar-refractivity contribution in [1.29, 1.82) is 0 Å². The highest BCUT2D eigenvalue weighted by molar-refractivity contribution is 5.90. The lowest BCUT2D eigenvalue weighted by Crippen LogP contribution is -2.54. The van der Waals surface area contributed by atoms with E-state index in [0.717, 1.165) is 22.3 Å². The number of ether oxygens (including phenoxy) is 2. The maximum absolute atomic E-state index is 12.8. The molecule has 1 amide bonds. The van der Waals surface area contributed by atoms with Gasteiger partial charge in [-0.25, -0.2) is 14.4 Å². The second-order valence-corrected chi connectivity index (χ2v) is 10.5. The van der Waals surface area contributed by atoms with Crippen LogP contribution in [-0.4, -0.2) is 40.9 Å². The second-order valence-electron chi connectivity index (χ2n) is 10.5. The standard InChI is InChI=1S/C30H31NO6/c1-29(2,3)37-26(32)20-15-13-19(14-16-20)17-30(4,27(33)34)31-28(35)36-18-25-23-11-7-5-9-21(23)22-10-6-8-12-24(22)25/h5-16,25H,17-18H2,1-4H3,(H,31,35)(H,33,34)/t30-/m0/s1. The van der Waals surface area contributed by atoms with Crippen LogP contribution >= 0.6 is 0 Å². The van der Waals surface area contributed by atoms with Crippen LogP contribution in [0.25, 0.3) is 11.1 Å². The summed E-state index contributed by atoms with van der Waals surface area (Å²) in [5.74, 6) is -1.79. The molecular weight excluding hydrogens is 470 g/mol. The minimum absolute atomic E-state index is 0.00112. The van der Waals surface area contributed by atoms with Crippen molar-refractivity contribution in [2.45, 2.75) is 51.2 Å². The number of fused-ring (bicyclic) bond motifs is 3. The van der Waals surface area contributed by atoms with Gasteiger partial charge in [-0.3, -0.25) is 0 Å². The maximum Gasteiger partial charge on any atom is 0.408 e. The highest BCUT2D eigenvalue weighted by atomic mass is 16.6. The van der Waals surface area contributed by atoms with Gasteiger partial charge in [0.2, 0.25) is 0 Å². The molecule has 7 nitrogen and oxygen atoms in total. The van der Waals surface area contributed by atoms with E-state index in [1.807, 2.05) is 48.5 Å². The SMILES string of the molecule is CC(C)(C)OC(=O)c1ccc(C[C@](C)(NC(=O)OCC2c3ccccc3-c3ccccc32)C(=O)O)cc1. The number of hydrogen-bond donors (Lipinski definition) is 2. The van der Waals surface area contributed by atoms with Crippen LogP contribution in [0.2, 0.25) is 0 Å². The van der Waals surface area contributed by atoms with Gasteiger partial charge in [-0.15, -0.1) is 0 Å². The first kappa shape index (κ1) is 25.9. The first-order valence-electron chi connectivity index (χ1n) is 12.2. The molecule has 1 aliphatic rings. The van der Waals surface area contributed by atoms with Crippen molar-refractivity contribution in [1.82, 2.24) is 5.32 Å². The van der Waals surface area contributed by atoms with Gasteiger partial charge in [0.1, 0.15) is 17.7 Å². The Morgan fingerprint density at radius 3 is 1.89 bits per heavy atom. The van der Waals surface area contributed by atoms with Gasteiger partial charge in [0, 0.05) is 12.3 Å². The molecule has 3 aromatic rings. The van der Waals surface area contributed by atoms with E-state index in [9.17, 15) is 19.5 Å². The summed E-state index contributed by atoms with van der Waals surface area (Å²) in [7, 11) is 0. The molecule has 0 aliphatic heterocycles. The molecule has 0 unspecified atom stereocenters. The molecule has 1 aliphatic carbocycles. The Kier molecular flexibility index (Phi) is 7.07. The van der Waals surface area contributed by atoms with E-state index in [0.29, 0.717) is 11.1 Å². The van der Waals surface area contributed by atoms with Gasteiger partial charge in [-0.05, 0) is 67.6 Å². The van der Waals surface area contributed by atoms with Crippen LogP contribution < -0.4 is 5.32 Å². The average molecular weight is 502 g/mol. The Bertz CT molecular complexity index is 1280. The summed E-state index contributed by atoms with van der Waals surface area (Å²) in [6, 6.07) is 22.5. The molecule has 0 heterocycles. The van der Waals surface area contributed by atoms with Crippen molar-refractivity contribution in [3.63, 3.8) is 0 Å². The van der Waals surface area contributed by atoms with E-state index in [-0.39, 0.29) is 18.9 Å². The summed E-state index contributed by atoms with van der Waals surface area (Å²) < 4.78 is 10.9. The van der Waals surface area contributed by atoms with Crippen molar-refractivity contribution in [3.05, 3.63) is 95.1 Å². The van der Waals surface area contributed by atoms with Crippen LogP contribution in [0.1, 0.15) is 60.7 Å². The summed E-state index contributed by atoms with van der Waals surface area (Å²) in [6.45, 7) is 6.87. The Labute approximate surface area is 216 Å². The molecule has 1 atom stereocenters. The lowest BCUT2D eigenvalue weighted by Gasteiger charge is -2.26. The topological polar surface area (TPSA) is 102 Å². The van der Waals surface area contributed by atoms with E-state index >= 15 is 0 Å². The number of carboxylic acid groups (broad SMARTS) is 1. The minimum Gasteiger partial charge on any atom is -0.480 e. The van der Waals surface area contributed by atoms with Crippen LogP contribution in [-0.2, 0) is 20.7 Å². The zero-order valence-electron chi connectivity index (χ0n) is 21.4. The Morgan fingerprint density at radius 2 is 1.38 bits per heavy atom. The fourth-order valence-corrected chi connectivity index (χ4v) is 4.54. The number of carbonyl (C=O) groups excluding carboxylic acids is 2. The zero-order chi connectivity index (χ0) is 26.8. The third-order valence-corrected chi connectivity index (χ3v) is 6.34. The quantitative estimate of drug-likeness (QED) is 0.411. The van der Waals surface area contributed by atoms with Crippen molar-refractivity contribution in [2.75, 3.05) is 6.61 Å². The molecule has 192 valence electrons. The molecule has 3 aromatic carbocycles. The molecule has 0 spiro atoms. The highest BCUT2D eigenvalue weighted by Gasteiger charge is 2.37. The molecule has 37 heavy (non-hydrogen) atoms. The van der Waals surface area contributed by atoms with Crippen LogP contribution in [0.3, 0.4) is 0 Å². The highest BCUT2D eigenvalue weighted by Crippen LogP contribution is 2.44. The summed E-state index contributed by atoms with van der Waals surface area (Å²) in [5.41, 5.74) is 3.12. The number of carbonyl (C=O) groups is 3. The van der Waals surface area contributed by atoms with Gasteiger partial charge in [0.05, 0.1) is 5.56 Å². The Morgan fingerprint density at radius 1 is 0.838 bits per heavy atom. The first-order valence-corrected chi connectivity index (χ1v) is 12.2. The lowest BCUT2D eigenvalue weighted by molar-refractivity contribution is -0.143. The van der Waals surface area contributed by atoms with Crippen LogP contribution in [0.5, 0.6) is 0 Å².